The average molecular weight is 527 g/mol. The third-order valence-electron chi connectivity index (χ3n) is 7.21. The number of nitrogens with one attached hydrogen (secondary N) is 1. The SMILES string of the molecule is CCCCCCCSc1ccc(NC(=O)c2ccc(N3CCN(C4CC4)CC3)cc2N(C)SC)cc1. The Morgan fingerprint density at radius 3 is 2.39 bits per heavy atom. The van der Waals surface area contributed by atoms with Crippen LogP contribution in [0.4, 0.5) is 17.1 Å². The van der Waals surface area contributed by atoms with Gasteiger partial charge in [-0.1, -0.05) is 44.6 Å². The van der Waals surface area contributed by atoms with E-state index in [1.807, 2.05) is 43.3 Å². The quantitative estimate of drug-likeness (QED) is 0.172. The Balaban J connectivity index is 1.35. The fourth-order valence-corrected chi connectivity index (χ4v) is 6.04. The minimum Gasteiger partial charge on any atom is -0.369 e. The number of anilines is 3. The zero-order chi connectivity index (χ0) is 25.3. The molecule has 36 heavy (non-hydrogen) atoms. The molecule has 1 saturated carbocycles. The lowest BCUT2D eigenvalue weighted by Crippen LogP contribution is -2.47. The second-order valence-electron chi connectivity index (χ2n) is 9.88. The first kappa shape index (κ1) is 27.2. The van der Waals surface area contributed by atoms with Gasteiger partial charge in [-0.2, -0.15) is 0 Å². The Hall–Kier alpha value is -1.83. The largest absolute Gasteiger partial charge is 0.369 e. The molecule has 7 heteroatoms. The topological polar surface area (TPSA) is 38.8 Å². The third kappa shape index (κ3) is 7.59. The summed E-state index contributed by atoms with van der Waals surface area (Å²) in [5.41, 5.74) is 3.70. The lowest BCUT2D eigenvalue weighted by atomic mass is 10.1. The minimum absolute atomic E-state index is 0.0627. The number of thioether (sulfide) groups is 1. The zero-order valence-corrected chi connectivity index (χ0v) is 23.8. The van der Waals surface area contributed by atoms with Crippen molar-refractivity contribution in [1.82, 2.24) is 4.90 Å². The Morgan fingerprint density at radius 1 is 1.00 bits per heavy atom. The van der Waals surface area contributed by atoms with Gasteiger partial charge in [-0.3, -0.25) is 9.69 Å². The predicted molar refractivity (Wildman–Crippen MR) is 159 cm³/mol. The highest BCUT2D eigenvalue weighted by molar-refractivity contribution is 8.00. The molecule has 2 aromatic rings. The summed E-state index contributed by atoms with van der Waals surface area (Å²) in [6.07, 6.45) is 11.3. The first-order valence-electron chi connectivity index (χ1n) is 13.5. The van der Waals surface area contributed by atoms with E-state index in [1.54, 1.807) is 11.9 Å². The number of hydrogen-bond donors (Lipinski definition) is 1. The molecule has 1 amide bonds. The van der Waals surface area contributed by atoms with Gasteiger partial charge in [0.25, 0.3) is 5.91 Å². The molecule has 1 saturated heterocycles. The number of benzene rings is 2. The first-order chi connectivity index (χ1) is 17.6. The molecule has 2 fully saturated rings. The van der Waals surface area contributed by atoms with E-state index in [1.165, 1.54) is 55.5 Å². The normalized spacial score (nSPS) is 16.2. The summed E-state index contributed by atoms with van der Waals surface area (Å²) in [6.45, 7) is 6.62. The van der Waals surface area contributed by atoms with Crippen LogP contribution in [0.2, 0.25) is 0 Å². The molecular weight excluding hydrogens is 484 g/mol. The number of hydrogen-bond acceptors (Lipinski definition) is 6. The zero-order valence-electron chi connectivity index (χ0n) is 22.2. The van der Waals surface area contributed by atoms with Crippen LogP contribution in [0.5, 0.6) is 0 Å². The lowest BCUT2D eigenvalue weighted by molar-refractivity contribution is 0.102. The molecule has 196 valence electrons. The average Bonchev–Trinajstić information content (AvgIpc) is 3.76. The maximum absolute atomic E-state index is 13.3. The van der Waals surface area contributed by atoms with Crippen LogP contribution < -0.4 is 14.5 Å². The van der Waals surface area contributed by atoms with Gasteiger partial charge in [0.15, 0.2) is 0 Å². The van der Waals surface area contributed by atoms with Crippen molar-refractivity contribution in [2.45, 2.75) is 62.8 Å². The van der Waals surface area contributed by atoms with E-state index in [9.17, 15) is 4.79 Å². The number of piperazine rings is 1. The molecule has 0 atom stereocenters. The third-order valence-corrected chi connectivity index (χ3v) is 9.05. The van der Waals surface area contributed by atoms with Gasteiger partial charge in [0.2, 0.25) is 0 Å². The predicted octanol–water partition coefficient (Wildman–Crippen LogP) is 7.00. The van der Waals surface area contributed by atoms with Crippen molar-refractivity contribution in [3.05, 3.63) is 48.0 Å². The van der Waals surface area contributed by atoms with Crippen LogP contribution in [0.25, 0.3) is 0 Å². The summed E-state index contributed by atoms with van der Waals surface area (Å²) in [5, 5.41) is 3.12. The molecule has 0 radical (unpaired) electrons. The van der Waals surface area contributed by atoms with Crippen molar-refractivity contribution < 1.29 is 4.79 Å². The minimum atomic E-state index is -0.0627. The number of nitrogens with zero attached hydrogens (tertiary/aromatic N) is 3. The van der Waals surface area contributed by atoms with Gasteiger partial charge < -0.3 is 14.5 Å². The molecule has 1 heterocycles. The fourth-order valence-electron chi connectivity index (χ4n) is 4.78. The highest BCUT2D eigenvalue weighted by Crippen LogP contribution is 2.32. The van der Waals surface area contributed by atoms with E-state index in [0.29, 0.717) is 5.56 Å². The summed E-state index contributed by atoms with van der Waals surface area (Å²) in [4.78, 5) is 19.6. The molecule has 0 unspecified atom stereocenters. The van der Waals surface area contributed by atoms with Crippen molar-refractivity contribution in [3.63, 3.8) is 0 Å². The van der Waals surface area contributed by atoms with E-state index in [-0.39, 0.29) is 5.91 Å². The molecule has 0 aromatic heterocycles. The van der Waals surface area contributed by atoms with Crippen LogP contribution >= 0.6 is 23.7 Å². The number of unbranched alkanes of at least 4 members (excludes halogenated alkanes) is 4. The van der Waals surface area contributed by atoms with Crippen molar-refractivity contribution in [3.8, 4) is 0 Å². The molecule has 1 aliphatic carbocycles. The molecule has 0 spiro atoms. The van der Waals surface area contributed by atoms with Crippen LogP contribution in [0.15, 0.2) is 47.4 Å². The second kappa shape index (κ2) is 13.6. The van der Waals surface area contributed by atoms with Crippen LogP contribution in [-0.2, 0) is 0 Å². The molecule has 2 aromatic carbocycles. The van der Waals surface area contributed by atoms with E-state index < -0.39 is 0 Å². The monoisotopic (exact) mass is 526 g/mol. The number of rotatable bonds is 13. The van der Waals surface area contributed by atoms with E-state index in [0.717, 1.165) is 49.3 Å². The molecule has 1 N–H and O–H groups in total. The molecular formula is C29H42N4OS2. The number of carbonyl (C=O) groups excluding carboxylic acids is 1. The van der Waals surface area contributed by atoms with Gasteiger partial charge in [0.05, 0.1) is 11.3 Å². The van der Waals surface area contributed by atoms with Gasteiger partial charge >= 0.3 is 0 Å². The van der Waals surface area contributed by atoms with Crippen LogP contribution in [0.1, 0.15) is 62.2 Å². The van der Waals surface area contributed by atoms with Crippen molar-refractivity contribution in [2.75, 3.05) is 59.8 Å². The van der Waals surface area contributed by atoms with E-state index in [4.69, 9.17) is 0 Å². The molecule has 4 rings (SSSR count). The van der Waals surface area contributed by atoms with Gasteiger partial charge in [0, 0.05) is 61.8 Å². The maximum atomic E-state index is 13.3. The summed E-state index contributed by atoms with van der Waals surface area (Å²) in [7, 11) is 2.03. The summed E-state index contributed by atoms with van der Waals surface area (Å²) < 4.78 is 2.08. The smallest absolute Gasteiger partial charge is 0.257 e. The van der Waals surface area contributed by atoms with Crippen LogP contribution in [0, 0.1) is 0 Å². The van der Waals surface area contributed by atoms with Crippen molar-refractivity contribution >= 4 is 46.7 Å². The van der Waals surface area contributed by atoms with Gasteiger partial charge in [-0.25, -0.2) is 0 Å². The Morgan fingerprint density at radius 2 is 1.72 bits per heavy atom. The Bertz CT molecular complexity index is 972. The standard InChI is InChI=1S/C29H42N4OS2/c1-4-5-6-7-8-21-36-26-14-9-23(10-15-26)30-29(34)27-16-13-25(22-28(27)31(2)35-3)33-19-17-32(18-20-33)24-11-12-24/h9-10,13-16,22,24H,4-8,11-12,17-21H2,1-3H3,(H,30,34). The molecule has 2 aliphatic rings. The second-order valence-corrected chi connectivity index (χ2v) is 12.0. The molecule has 5 nitrogen and oxygen atoms in total. The number of amides is 1. The lowest BCUT2D eigenvalue weighted by Gasteiger charge is -2.36. The summed E-state index contributed by atoms with van der Waals surface area (Å²) >= 11 is 3.53. The van der Waals surface area contributed by atoms with Gasteiger partial charge in [-0.05, 0) is 67.5 Å². The van der Waals surface area contributed by atoms with Crippen LogP contribution in [-0.4, -0.2) is 62.1 Å². The van der Waals surface area contributed by atoms with E-state index >= 15 is 0 Å². The maximum Gasteiger partial charge on any atom is 0.257 e. The Kier molecular flexibility index (Phi) is 10.3. The van der Waals surface area contributed by atoms with Crippen LogP contribution in [0.3, 0.4) is 0 Å². The van der Waals surface area contributed by atoms with Crippen molar-refractivity contribution in [2.24, 2.45) is 0 Å². The first-order valence-corrected chi connectivity index (χ1v) is 15.7. The summed E-state index contributed by atoms with van der Waals surface area (Å²) in [5.74, 6) is 1.09. The molecule has 0 bridgehead atoms. The van der Waals surface area contributed by atoms with E-state index in [2.05, 4.69) is 50.6 Å². The Labute approximate surface area is 226 Å². The molecule has 1 aliphatic heterocycles. The van der Waals surface area contributed by atoms with Crippen molar-refractivity contribution in [1.29, 1.82) is 0 Å². The van der Waals surface area contributed by atoms with Gasteiger partial charge in [-0.15, -0.1) is 11.8 Å². The summed E-state index contributed by atoms with van der Waals surface area (Å²) in [6, 6.07) is 15.4. The highest BCUT2D eigenvalue weighted by atomic mass is 32.2. The number of carbonyl (C=O) groups is 1. The highest BCUT2D eigenvalue weighted by Gasteiger charge is 2.31. The van der Waals surface area contributed by atoms with Gasteiger partial charge in [0.1, 0.15) is 0 Å². The fraction of sp³-hybridized carbons (Fsp3) is 0.552.